The van der Waals surface area contributed by atoms with E-state index in [1.54, 1.807) is 18.2 Å². The lowest BCUT2D eigenvalue weighted by Crippen LogP contribution is -2.30. The molecular weight excluding hydrogens is 397 g/mol. The van der Waals surface area contributed by atoms with Crippen LogP contribution in [-0.4, -0.2) is 0 Å². The zero-order chi connectivity index (χ0) is 14.7. The minimum atomic E-state index is -0.380. The molecule has 0 fully saturated rings. The lowest BCUT2D eigenvalue weighted by atomic mass is 9.99. The summed E-state index contributed by atoms with van der Waals surface area (Å²) in [7, 11) is 0. The topological polar surface area (TPSA) is 38.0 Å². The van der Waals surface area contributed by atoms with Crippen LogP contribution in [0.15, 0.2) is 36.4 Å². The van der Waals surface area contributed by atoms with E-state index in [1.807, 2.05) is 22.6 Å². The number of hydrazine groups is 1. The first kappa shape index (κ1) is 15.6. The summed E-state index contributed by atoms with van der Waals surface area (Å²) in [4.78, 5) is 0. The molecule has 0 aliphatic rings. The summed E-state index contributed by atoms with van der Waals surface area (Å²) < 4.78 is 27.7. The van der Waals surface area contributed by atoms with Crippen LogP contribution in [0.1, 0.15) is 17.2 Å². The molecule has 0 bridgehead atoms. The predicted octanol–water partition coefficient (Wildman–Crippen LogP) is 3.97. The number of rotatable bonds is 4. The molecule has 1 unspecified atom stereocenters. The monoisotopic (exact) mass is 408 g/mol. The third-order valence-corrected chi connectivity index (χ3v) is 4.30. The second kappa shape index (κ2) is 6.80. The van der Waals surface area contributed by atoms with Crippen LogP contribution in [0.5, 0.6) is 0 Å². The SMILES string of the molecule is NNC(Cc1c(F)cccc1Cl)c1ccc(F)cc1I. The average molecular weight is 409 g/mol. The maximum atomic E-state index is 13.8. The molecule has 1 atom stereocenters. The predicted molar refractivity (Wildman–Crippen MR) is 84.3 cm³/mol. The van der Waals surface area contributed by atoms with E-state index in [0.717, 1.165) is 9.13 Å². The molecule has 0 aliphatic carbocycles. The maximum Gasteiger partial charge on any atom is 0.127 e. The van der Waals surface area contributed by atoms with Gasteiger partial charge in [-0.2, -0.15) is 0 Å². The van der Waals surface area contributed by atoms with E-state index < -0.39 is 0 Å². The molecule has 0 radical (unpaired) electrons. The highest BCUT2D eigenvalue weighted by Crippen LogP contribution is 2.28. The fourth-order valence-corrected chi connectivity index (χ4v) is 3.07. The second-order valence-electron chi connectivity index (χ2n) is 4.29. The largest absolute Gasteiger partial charge is 0.271 e. The van der Waals surface area contributed by atoms with Gasteiger partial charge in [-0.05, 0) is 58.8 Å². The lowest BCUT2D eigenvalue weighted by molar-refractivity contribution is 0.526. The van der Waals surface area contributed by atoms with E-state index in [0.29, 0.717) is 10.6 Å². The Morgan fingerprint density at radius 1 is 1.25 bits per heavy atom. The summed E-state index contributed by atoms with van der Waals surface area (Å²) in [6.07, 6.45) is 0.281. The van der Waals surface area contributed by atoms with Crippen LogP contribution in [0.4, 0.5) is 8.78 Å². The van der Waals surface area contributed by atoms with E-state index in [-0.39, 0.29) is 24.1 Å². The zero-order valence-corrected chi connectivity index (χ0v) is 13.3. The molecule has 3 N–H and O–H groups in total. The third kappa shape index (κ3) is 3.46. The molecule has 2 aromatic carbocycles. The van der Waals surface area contributed by atoms with E-state index in [2.05, 4.69) is 5.43 Å². The highest BCUT2D eigenvalue weighted by molar-refractivity contribution is 14.1. The molecule has 20 heavy (non-hydrogen) atoms. The van der Waals surface area contributed by atoms with Crippen molar-refractivity contribution in [2.75, 3.05) is 0 Å². The Morgan fingerprint density at radius 3 is 2.60 bits per heavy atom. The highest BCUT2D eigenvalue weighted by atomic mass is 127. The molecule has 2 nitrogen and oxygen atoms in total. The molecular formula is C14H12ClF2IN2. The van der Waals surface area contributed by atoms with E-state index >= 15 is 0 Å². The van der Waals surface area contributed by atoms with Crippen molar-refractivity contribution in [3.63, 3.8) is 0 Å². The number of nitrogens with two attached hydrogens (primary N) is 1. The number of halogens is 4. The minimum Gasteiger partial charge on any atom is -0.271 e. The van der Waals surface area contributed by atoms with Crippen LogP contribution in [0, 0.1) is 15.2 Å². The van der Waals surface area contributed by atoms with Gasteiger partial charge < -0.3 is 0 Å². The molecule has 0 heterocycles. The number of hydrogen-bond acceptors (Lipinski definition) is 2. The fraction of sp³-hybridized carbons (Fsp3) is 0.143. The van der Waals surface area contributed by atoms with Gasteiger partial charge in [-0.25, -0.2) is 8.78 Å². The second-order valence-corrected chi connectivity index (χ2v) is 5.86. The molecule has 0 spiro atoms. The summed E-state index contributed by atoms with van der Waals surface area (Å²) in [6, 6.07) is 8.57. The van der Waals surface area contributed by atoms with Crippen molar-refractivity contribution in [3.8, 4) is 0 Å². The van der Waals surface area contributed by atoms with Crippen LogP contribution >= 0.6 is 34.2 Å². The van der Waals surface area contributed by atoms with Crippen LogP contribution in [0.25, 0.3) is 0 Å². The van der Waals surface area contributed by atoms with Crippen LogP contribution < -0.4 is 11.3 Å². The van der Waals surface area contributed by atoms with E-state index in [9.17, 15) is 8.78 Å². The lowest BCUT2D eigenvalue weighted by Gasteiger charge is -2.19. The van der Waals surface area contributed by atoms with Gasteiger partial charge in [-0.15, -0.1) is 0 Å². The summed E-state index contributed by atoms with van der Waals surface area (Å²) in [5, 5.41) is 0.349. The molecule has 0 saturated carbocycles. The van der Waals surface area contributed by atoms with Gasteiger partial charge in [0.2, 0.25) is 0 Å². The number of benzene rings is 2. The smallest absolute Gasteiger partial charge is 0.127 e. The molecule has 2 aromatic rings. The summed E-state index contributed by atoms with van der Waals surface area (Å²) >= 11 is 8.03. The molecule has 0 aromatic heterocycles. The first-order valence-electron chi connectivity index (χ1n) is 5.87. The van der Waals surface area contributed by atoms with Crippen molar-refractivity contribution in [2.24, 2.45) is 5.84 Å². The van der Waals surface area contributed by atoms with Crippen LogP contribution in [-0.2, 0) is 6.42 Å². The third-order valence-electron chi connectivity index (χ3n) is 3.01. The van der Waals surface area contributed by atoms with Crippen molar-refractivity contribution < 1.29 is 8.78 Å². The van der Waals surface area contributed by atoms with Crippen molar-refractivity contribution in [1.82, 2.24) is 5.43 Å². The van der Waals surface area contributed by atoms with Gasteiger partial charge in [-0.3, -0.25) is 11.3 Å². The first-order valence-corrected chi connectivity index (χ1v) is 7.32. The van der Waals surface area contributed by atoms with E-state index in [1.165, 1.54) is 18.2 Å². The Morgan fingerprint density at radius 2 is 2.00 bits per heavy atom. The quantitative estimate of drug-likeness (QED) is 0.456. The van der Waals surface area contributed by atoms with Crippen molar-refractivity contribution in [2.45, 2.75) is 12.5 Å². The summed E-state index contributed by atoms with van der Waals surface area (Å²) in [5.74, 6) is 4.85. The Hall–Kier alpha value is -0.760. The number of nitrogens with one attached hydrogen (secondary N) is 1. The van der Waals surface area contributed by atoms with Gasteiger partial charge in [-0.1, -0.05) is 23.7 Å². The standard InChI is InChI=1S/C14H12ClF2IN2/c15-11-2-1-3-12(17)10(11)7-14(20-19)9-5-4-8(16)6-13(9)18/h1-6,14,20H,7,19H2. The van der Waals surface area contributed by atoms with Crippen molar-refractivity contribution >= 4 is 34.2 Å². The van der Waals surface area contributed by atoms with Crippen LogP contribution in [0.2, 0.25) is 5.02 Å². The highest BCUT2D eigenvalue weighted by Gasteiger charge is 2.18. The molecule has 0 aliphatic heterocycles. The molecule has 6 heteroatoms. The maximum absolute atomic E-state index is 13.8. The van der Waals surface area contributed by atoms with Gasteiger partial charge in [0.25, 0.3) is 0 Å². The zero-order valence-electron chi connectivity index (χ0n) is 10.3. The first-order chi connectivity index (χ1) is 9.52. The Labute approximate surface area is 134 Å². The van der Waals surface area contributed by atoms with Crippen LogP contribution in [0.3, 0.4) is 0 Å². The fourth-order valence-electron chi connectivity index (χ4n) is 1.97. The minimum absolute atomic E-state index is 0.281. The van der Waals surface area contributed by atoms with Crippen molar-refractivity contribution in [3.05, 3.63) is 67.8 Å². The van der Waals surface area contributed by atoms with Gasteiger partial charge in [0.1, 0.15) is 11.6 Å². The molecule has 106 valence electrons. The Bertz CT molecular complexity index is 602. The van der Waals surface area contributed by atoms with Gasteiger partial charge in [0.15, 0.2) is 0 Å². The molecule has 0 amide bonds. The number of hydrogen-bond donors (Lipinski definition) is 2. The average Bonchev–Trinajstić information content (AvgIpc) is 2.40. The summed E-state index contributed by atoms with van der Waals surface area (Å²) in [6.45, 7) is 0. The summed E-state index contributed by atoms with van der Waals surface area (Å²) in [5.41, 5.74) is 3.82. The Kier molecular flexibility index (Phi) is 5.31. The molecule has 2 rings (SSSR count). The normalized spacial score (nSPS) is 12.4. The molecule has 0 saturated heterocycles. The van der Waals surface area contributed by atoms with Gasteiger partial charge in [0, 0.05) is 14.2 Å². The van der Waals surface area contributed by atoms with Gasteiger partial charge in [0.05, 0.1) is 6.04 Å². The van der Waals surface area contributed by atoms with Crippen molar-refractivity contribution in [1.29, 1.82) is 0 Å². The van der Waals surface area contributed by atoms with E-state index in [4.69, 9.17) is 17.4 Å². The Balaban J connectivity index is 2.34. The van der Waals surface area contributed by atoms with Gasteiger partial charge >= 0.3 is 0 Å².